The van der Waals surface area contributed by atoms with E-state index in [0.717, 1.165) is 25.8 Å². The Labute approximate surface area is 149 Å². The molecule has 2 aromatic heterocycles. The number of thiophene rings is 1. The molecule has 0 aromatic carbocycles. The van der Waals surface area contributed by atoms with Gasteiger partial charge < -0.3 is 14.7 Å². The molecule has 1 unspecified atom stereocenters. The number of carbonyl (C=O) groups is 1. The fourth-order valence-electron chi connectivity index (χ4n) is 3.19. The molecule has 130 valence electrons. The van der Waals surface area contributed by atoms with E-state index in [-0.39, 0.29) is 23.9 Å². The summed E-state index contributed by atoms with van der Waals surface area (Å²) in [5.41, 5.74) is 0.483. The summed E-state index contributed by atoms with van der Waals surface area (Å²) in [4.78, 5) is 23.8. The fraction of sp³-hybridized carbons (Fsp3) is 0.562. The molecule has 0 amide bonds. The lowest BCUT2D eigenvalue weighted by Crippen LogP contribution is -2.41. The molecular weight excluding hydrogens is 350 g/mol. The second-order valence-electron chi connectivity index (χ2n) is 5.72. The van der Waals surface area contributed by atoms with Gasteiger partial charge in [0.15, 0.2) is 0 Å². The normalized spacial score (nSPS) is 18.1. The minimum atomic E-state index is -0.369. The van der Waals surface area contributed by atoms with Gasteiger partial charge in [-0.05, 0) is 44.2 Å². The Kier molecular flexibility index (Phi) is 5.53. The van der Waals surface area contributed by atoms with Crippen molar-refractivity contribution in [1.29, 1.82) is 0 Å². The van der Waals surface area contributed by atoms with Crippen LogP contribution in [0.4, 0.5) is 5.82 Å². The average molecular weight is 370 g/mol. The van der Waals surface area contributed by atoms with Crippen LogP contribution >= 0.6 is 22.9 Å². The van der Waals surface area contributed by atoms with E-state index in [1.807, 2.05) is 0 Å². The maximum atomic E-state index is 12.3. The molecule has 1 fully saturated rings. The van der Waals surface area contributed by atoms with Crippen LogP contribution in [-0.4, -0.2) is 46.8 Å². The number of aliphatic hydroxyl groups is 1. The van der Waals surface area contributed by atoms with E-state index in [9.17, 15) is 9.90 Å². The van der Waals surface area contributed by atoms with Crippen molar-refractivity contribution in [3.63, 3.8) is 0 Å². The van der Waals surface area contributed by atoms with Gasteiger partial charge in [0, 0.05) is 24.6 Å². The lowest BCUT2D eigenvalue weighted by Gasteiger charge is -2.37. The molecule has 6 nitrogen and oxygen atoms in total. The molecule has 0 bridgehead atoms. The highest BCUT2D eigenvalue weighted by Crippen LogP contribution is 2.36. The molecule has 1 saturated heterocycles. The Balaban J connectivity index is 2.11. The molecule has 0 radical (unpaired) electrons. The lowest BCUT2D eigenvalue weighted by atomic mass is 9.99. The SMILES string of the molecule is CCOC(=O)c1csc2nc(Cl)nc(N3CCCCC3CCO)c12. The molecule has 1 aliphatic rings. The third-order valence-electron chi connectivity index (χ3n) is 4.24. The van der Waals surface area contributed by atoms with Gasteiger partial charge in [0.05, 0.1) is 17.6 Å². The van der Waals surface area contributed by atoms with Crippen LogP contribution in [0.2, 0.25) is 5.28 Å². The highest BCUT2D eigenvalue weighted by molar-refractivity contribution is 7.17. The van der Waals surface area contributed by atoms with E-state index in [0.29, 0.717) is 34.6 Å². The summed E-state index contributed by atoms with van der Waals surface area (Å²) in [5, 5.41) is 12.0. The Bertz CT molecular complexity index is 735. The molecule has 1 N–H and O–H groups in total. The van der Waals surface area contributed by atoms with Gasteiger partial charge in [-0.1, -0.05) is 0 Å². The molecule has 3 rings (SSSR count). The number of carbonyl (C=O) groups excluding carboxylic acids is 1. The van der Waals surface area contributed by atoms with Crippen LogP contribution < -0.4 is 4.90 Å². The molecular formula is C16H20ClN3O3S. The molecule has 8 heteroatoms. The Morgan fingerprint density at radius 3 is 3.08 bits per heavy atom. The third kappa shape index (κ3) is 3.34. The molecule has 2 aromatic rings. The predicted molar refractivity (Wildman–Crippen MR) is 95.1 cm³/mol. The molecule has 1 aliphatic heterocycles. The number of halogens is 1. The van der Waals surface area contributed by atoms with Crippen LogP contribution in [0.1, 0.15) is 43.0 Å². The number of esters is 1. The van der Waals surface area contributed by atoms with Crippen LogP contribution in [0.5, 0.6) is 0 Å². The van der Waals surface area contributed by atoms with E-state index in [4.69, 9.17) is 16.3 Å². The zero-order valence-corrected chi connectivity index (χ0v) is 15.1. The summed E-state index contributed by atoms with van der Waals surface area (Å²) in [6.07, 6.45) is 3.83. The first-order valence-electron chi connectivity index (χ1n) is 8.15. The summed E-state index contributed by atoms with van der Waals surface area (Å²) in [6.45, 7) is 3.04. The van der Waals surface area contributed by atoms with Crippen LogP contribution in [0.25, 0.3) is 10.2 Å². The van der Waals surface area contributed by atoms with Crippen LogP contribution in [-0.2, 0) is 4.74 Å². The minimum absolute atomic E-state index is 0.123. The standard InChI is InChI=1S/C16H20ClN3O3S/c1-2-23-15(22)11-9-24-14-12(11)13(18-16(17)19-14)20-7-4-3-5-10(20)6-8-21/h9-10,21H,2-8H2,1H3. The summed E-state index contributed by atoms with van der Waals surface area (Å²) < 4.78 is 5.16. The van der Waals surface area contributed by atoms with Crippen molar-refractivity contribution in [3.8, 4) is 0 Å². The molecule has 24 heavy (non-hydrogen) atoms. The van der Waals surface area contributed by atoms with Gasteiger partial charge in [0.1, 0.15) is 10.6 Å². The van der Waals surface area contributed by atoms with Gasteiger partial charge in [-0.15, -0.1) is 11.3 Å². The van der Waals surface area contributed by atoms with Crippen molar-refractivity contribution >= 4 is 44.9 Å². The first-order chi connectivity index (χ1) is 11.7. The Hall–Kier alpha value is -1.44. The van der Waals surface area contributed by atoms with Crippen LogP contribution in [0, 0.1) is 0 Å². The second-order valence-corrected chi connectivity index (χ2v) is 6.92. The zero-order chi connectivity index (χ0) is 17.1. The third-order valence-corrected chi connectivity index (χ3v) is 5.29. The quantitative estimate of drug-likeness (QED) is 0.644. The number of nitrogens with zero attached hydrogens (tertiary/aromatic N) is 3. The van der Waals surface area contributed by atoms with E-state index in [2.05, 4.69) is 14.9 Å². The fourth-order valence-corrected chi connectivity index (χ4v) is 4.31. The number of hydrogen-bond donors (Lipinski definition) is 1. The largest absolute Gasteiger partial charge is 0.462 e. The number of piperidine rings is 1. The zero-order valence-electron chi connectivity index (χ0n) is 13.5. The van der Waals surface area contributed by atoms with Crippen LogP contribution in [0.3, 0.4) is 0 Å². The lowest BCUT2D eigenvalue weighted by molar-refractivity contribution is 0.0529. The van der Waals surface area contributed by atoms with E-state index in [1.165, 1.54) is 11.3 Å². The van der Waals surface area contributed by atoms with Crippen molar-refractivity contribution in [3.05, 3.63) is 16.2 Å². The van der Waals surface area contributed by atoms with Gasteiger partial charge in [0.2, 0.25) is 5.28 Å². The highest BCUT2D eigenvalue weighted by atomic mass is 35.5. The maximum Gasteiger partial charge on any atom is 0.339 e. The monoisotopic (exact) mass is 369 g/mol. The molecule has 0 saturated carbocycles. The summed E-state index contributed by atoms with van der Waals surface area (Å²) in [5.74, 6) is 0.305. The number of aromatic nitrogens is 2. The smallest absolute Gasteiger partial charge is 0.339 e. The minimum Gasteiger partial charge on any atom is -0.462 e. The number of hydrogen-bond acceptors (Lipinski definition) is 7. The molecule has 0 aliphatic carbocycles. The number of aliphatic hydroxyl groups excluding tert-OH is 1. The van der Waals surface area contributed by atoms with Gasteiger partial charge >= 0.3 is 5.97 Å². The number of rotatable bonds is 5. The summed E-state index contributed by atoms with van der Waals surface area (Å²) in [7, 11) is 0. The maximum absolute atomic E-state index is 12.3. The van der Waals surface area contributed by atoms with Crippen molar-refractivity contribution in [2.24, 2.45) is 0 Å². The topological polar surface area (TPSA) is 75.5 Å². The molecule has 3 heterocycles. The average Bonchev–Trinajstić information content (AvgIpc) is 2.99. The number of anilines is 1. The van der Waals surface area contributed by atoms with Crippen molar-refractivity contribution in [1.82, 2.24) is 9.97 Å². The van der Waals surface area contributed by atoms with Crippen molar-refractivity contribution in [2.45, 2.75) is 38.6 Å². The predicted octanol–water partition coefficient (Wildman–Crippen LogP) is 3.26. The van der Waals surface area contributed by atoms with Gasteiger partial charge in [-0.2, -0.15) is 4.98 Å². The Morgan fingerprint density at radius 1 is 1.50 bits per heavy atom. The van der Waals surface area contributed by atoms with Crippen molar-refractivity contribution in [2.75, 3.05) is 24.7 Å². The van der Waals surface area contributed by atoms with Crippen LogP contribution in [0.15, 0.2) is 5.38 Å². The second kappa shape index (κ2) is 7.63. The van der Waals surface area contributed by atoms with E-state index >= 15 is 0 Å². The number of ether oxygens (including phenoxy) is 1. The first-order valence-corrected chi connectivity index (χ1v) is 9.40. The molecule has 1 atom stereocenters. The van der Waals surface area contributed by atoms with Gasteiger partial charge in [-0.3, -0.25) is 0 Å². The van der Waals surface area contributed by atoms with E-state index < -0.39 is 0 Å². The van der Waals surface area contributed by atoms with Crippen molar-refractivity contribution < 1.29 is 14.6 Å². The Morgan fingerprint density at radius 2 is 2.33 bits per heavy atom. The van der Waals surface area contributed by atoms with Gasteiger partial charge in [0.25, 0.3) is 0 Å². The van der Waals surface area contributed by atoms with Gasteiger partial charge in [-0.25, -0.2) is 9.78 Å². The summed E-state index contributed by atoms with van der Waals surface area (Å²) in [6, 6.07) is 0.188. The first kappa shape index (κ1) is 17.4. The number of fused-ring (bicyclic) bond motifs is 1. The van der Waals surface area contributed by atoms with E-state index in [1.54, 1.807) is 12.3 Å². The summed E-state index contributed by atoms with van der Waals surface area (Å²) >= 11 is 7.47. The highest BCUT2D eigenvalue weighted by Gasteiger charge is 2.28. The molecule has 0 spiro atoms.